The van der Waals surface area contributed by atoms with Crippen LogP contribution in [-0.2, 0) is 13.0 Å². The smallest absolute Gasteiger partial charge is 0.118 e. The van der Waals surface area contributed by atoms with Crippen molar-refractivity contribution < 1.29 is 4.74 Å². The highest BCUT2D eigenvalue weighted by molar-refractivity contribution is 5.55. The van der Waals surface area contributed by atoms with E-state index in [1.54, 1.807) is 7.11 Å². The van der Waals surface area contributed by atoms with Crippen LogP contribution in [0.5, 0.6) is 5.75 Å². The number of para-hydroxylation sites is 1. The number of rotatable bonds is 3. The van der Waals surface area contributed by atoms with Gasteiger partial charge in [-0.1, -0.05) is 42.5 Å². The summed E-state index contributed by atoms with van der Waals surface area (Å²) in [5, 5.41) is 0. The third-order valence-corrected chi connectivity index (χ3v) is 3.93. The molecule has 1 aliphatic heterocycles. The van der Waals surface area contributed by atoms with E-state index in [9.17, 15) is 0 Å². The lowest BCUT2D eigenvalue weighted by molar-refractivity contribution is 0.414. The molecule has 0 bridgehead atoms. The minimum atomic E-state index is 0.912. The lowest BCUT2D eigenvalue weighted by Gasteiger charge is -2.28. The highest BCUT2D eigenvalue weighted by Gasteiger charge is 2.12. The molecule has 2 aromatic rings. The van der Waals surface area contributed by atoms with E-state index >= 15 is 0 Å². The Balaban J connectivity index is 1.84. The van der Waals surface area contributed by atoms with Crippen molar-refractivity contribution in [2.45, 2.75) is 19.4 Å². The number of fused-ring (bicyclic) bond motifs is 1. The Hall–Kier alpha value is -2.22. The maximum absolute atomic E-state index is 5.23. The first-order chi connectivity index (χ1) is 10.4. The van der Waals surface area contributed by atoms with Crippen LogP contribution in [0.3, 0.4) is 0 Å². The summed E-state index contributed by atoms with van der Waals surface area (Å²) in [6, 6.07) is 17.1. The minimum absolute atomic E-state index is 0.912. The Morgan fingerprint density at radius 3 is 2.62 bits per heavy atom. The average molecular weight is 279 g/mol. The van der Waals surface area contributed by atoms with Crippen LogP contribution in [0.2, 0.25) is 0 Å². The van der Waals surface area contributed by atoms with Crippen molar-refractivity contribution in [3.63, 3.8) is 0 Å². The maximum Gasteiger partial charge on any atom is 0.118 e. The van der Waals surface area contributed by atoms with Crippen molar-refractivity contribution in [1.82, 2.24) is 0 Å². The van der Waals surface area contributed by atoms with Crippen LogP contribution in [0.15, 0.2) is 60.7 Å². The molecular weight excluding hydrogens is 258 g/mol. The second-order valence-corrected chi connectivity index (χ2v) is 5.36. The summed E-state index contributed by atoms with van der Waals surface area (Å²) >= 11 is 0. The summed E-state index contributed by atoms with van der Waals surface area (Å²) in [6.45, 7) is 1.99. The van der Waals surface area contributed by atoms with E-state index in [1.807, 2.05) is 12.1 Å². The predicted molar refractivity (Wildman–Crippen MR) is 87.9 cm³/mol. The van der Waals surface area contributed by atoms with Crippen LogP contribution in [-0.4, -0.2) is 13.7 Å². The number of nitrogens with zero attached hydrogens (tertiary/aromatic N) is 1. The van der Waals surface area contributed by atoms with Gasteiger partial charge in [0.05, 0.1) is 7.11 Å². The fraction of sp³-hybridized carbons (Fsp3) is 0.263. The van der Waals surface area contributed by atoms with Crippen LogP contribution < -0.4 is 9.64 Å². The largest absolute Gasteiger partial charge is 0.497 e. The molecule has 0 fully saturated rings. The van der Waals surface area contributed by atoms with Gasteiger partial charge in [0.25, 0.3) is 0 Å². The number of hydrogen-bond donors (Lipinski definition) is 0. The zero-order valence-corrected chi connectivity index (χ0v) is 12.5. The zero-order valence-electron chi connectivity index (χ0n) is 12.5. The number of benzene rings is 2. The van der Waals surface area contributed by atoms with Gasteiger partial charge in [0.2, 0.25) is 0 Å². The first-order valence-corrected chi connectivity index (χ1v) is 7.47. The van der Waals surface area contributed by atoms with E-state index in [0.717, 1.165) is 31.7 Å². The van der Waals surface area contributed by atoms with Crippen molar-refractivity contribution in [3.05, 3.63) is 71.8 Å². The molecular formula is C19H21NO. The molecule has 0 unspecified atom stereocenters. The Morgan fingerprint density at radius 2 is 1.81 bits per heavy atom. The molecule has 1 heterocycles. The van der Waals surface area contributed by atoms with Gasteiger partial charge in [-0.3, -0.25) is 0 Å². The SMILES string of the molecule is COc1ccc(CN2CC/C=C\Cc3ccccc32)cc1. The number of ether oxygens (including phenoxy) is 1. The van der Waals surface area contributed by atoms with Crippen LogP contribution in [0.4, 0.5) is 5.69 Å². The summed E-state index contributed by atoms with van der Waals surface area (Å²) < 4.78 is 5.23. The first-order valence-electron chi connectivity index (χ1n) is 7.47. The summed E-state index contributed by atoms with van der Waals surface area (Å²) in [6.07, 6.45) is 6.69. The van der Waals surface area contributed by atoms with Gasteiger partial charge in [-0.15, -0.1) is 0 Å². The van der Waals surface area contributed by atoms with E-state index in [4.69, 9.17) is 4.74 Å². The van der Waals surface area contributed by atoms with Gasteiger partial charge in [-0.05, 0) is 42.2 Å². The summed E-state index contributed by atoms with van der Waals surface area (Å²) in [5.74, 6) is 0.912. The molecule has 0 atom stereocenters. The second-order valence-electron chi connectivity index (χ2n) is 5.36. The summed E-state index contributed by atoms with van der Waals surface area (Å²) in [4.78, 5) is 2.47. The second kappa shape index (κ2) is 6.49. The van der Waals surface area contributed by atoms with Gasteiger partial charge >= 0.3 is 0 Å². The third kappa shape index (κ3) is 3.27. The van der Waals surface area contributed by atoms with E-state index < -0.39 is 0 Å². The third-order valence-electron chi connectivity index (χ3n) is 3.93. The number of anilines is 1. The highest BCUT2D eigenvalue weighted by Crippen LogP contribution is 2.25. The number of methoxy groups -OCH3 is 1. The molecule has 0 aliphatic carbocycles. The van der Waals surface area contributed by atoms with Gasteiger partial charge in [0.1, 0.15) is 5.75 Å². The normalized spacial score (nSPS) is 15.8. The first kappa shape index (κ1) is 13.7. The monoisotopic (exact) mass is 279 g/mol. The Bertz CT molecular complexity index is 616. The van der Waals surface area contributed by atoms with Crippen LogP contribution >= 0.6 is 0 Å². The molecule has 0 spiro atoms. The average Bonchev–Trinajstić information content (AvgIpc) is 2.52. The summed E-state index contributed by atoms with van der Waals surface area (Å²) in [5.41, 5.74) is 4.08. The molecule has 0 N–H and O–H groups in total. The number of hydrogen-bond acceptors (Lipinski definition) is 2. The molecule has 3 rings (SSSR count). The predicted octanol–water partition coefficient (Wildman–Crippen LogP) is 4.20. The van der Waals surface area contributed by atoms with Crippen molar-refractivity contribution in [2.75, 3.05) is 18.6 Å². The molecule has 0 saturated heterocycles. The van der Waals surface area contributed by atoms with E-state index in [1.165, 1.54) is 16.8 Å². The van der Waals surface area contributed by atoms with Crippen LogP contribution in [0, 0.1) is 0 Å². The van der Waals surface area contributed by atoms with Crippen molar-refractivity contribution in [3.8, 4) is 5.75 Å². The summed E-state index contributed by atoms with van der Waals surface area (Å²) in [7, 11) is 1.70. The number of allylic oxidation sites excluding steroid dienone is 1. The Morgan fingerprint density at radius 1 is 1.00 bits per heavy atom. The molecule has 0 amide bonds. The van der Waals surface area contributed by atoms with E-state index in [0.29, 0.717) is 0 Å². The lowest BCUT2D eigenvalue weighted by atomic mass is 10.0. The molecule has 0 aromatic heterocycles. The molecule has 2 nitrogen and oxygen atoms in total. The molecule has 2 heteroatoms. The molecule has 2 aromatic carbocycles. The zero-order chi connectivity index (χ0) is 14.5. The van der Waals surface area contributed by atoms with Gasteiger partial charge in [0, 0.05) is 18.8 Å². The Kier molecular flexibility index (Phi) is 4.25. The Labute approximate surface area is 126 Å². The highest BCUT2D eigenvalue weighted by atomic mass is 16.5. The lowest BCUT2D eigenvalue weighted by Crippen LogP contribution is -2.25. The standard InChI is InChI=1S/C19H21NO/c1-21-18-12-10-16(11-13-18)15-20-14-6-2-3-7-17-8-4-5-9-19(17)20/h2-5,8-13H,6-7,14-15H2,1H3/b3-2-. The van der Waals surface area contributed by atoms with E-state index in [2.05, 4.69) is 53.5 Å². The van der Waals surface area contributed by atoms with Crippen molar-refractivity contribution in [2.24, 2.45) is 0 Å². The van der Waals surface area contributed by atoms with Gasteiger partial charge in [-0.2, -0.15) is 0 Å². The van der Waals surface area contributed by atoms with Gasteiger partial charge in [-0.25, -0.2) is 0 Å². The van der Waals surface area contributed by atoms with Gasteiger partial charge in [0.15, 0.2) is 0 Å². The molecule has 0 radical (unpaired) electrons. The minimum Gasteiger partial charge on any atom is -0.497 e. The molecule has 108 valence electrons. The van der Waals surface area contributed by atoms with E-state index in [-0.39, 0.29) is 0 Å². The fourth-order valence-electron chi connectivity index (χ4n) is 2.79. The van der Waals surface area contributed by atoms with Crippen LogP contribution in [0.25, 0.3) is 0 Å². The topological polar surface area (TPSA) is 12.5 Å². The quantitative estimate of drug-likeness (QED) is 0.781. The molecule has 0 saturated carbocycles. The molecule has 21 heavy (non-hydrogen) atoms. The maximum atomic E-state index is 5.23. The fourth-order valence-corrected chi connectivity index (χ4v) is 2.79. The van der Waals surface area contributed by atoms with Crippen LogP contribution in [0.1, 0.15) is 17.5 Å². The molecule has 1 aliphatic rings. The van der Waals surface area contributed by atoms with Crippen molar-refractivity contribution >= 4 is 5.69 Å². The van der Waals surface area contributed by atoms with Gasteiger partial charge < -0.3 is 9.64 Å². The van der Waals surface area contributed by atoms with Crippen molar-refractivity contribution in [1.29, 1.82) is 0 Å².